The number of benzene rings is 1. The number of aliphatic hydroxyl groups is 2. The summed E-state index contributed by atoms with van der Waals surface area (Å²) >= 11 is 0. The van der Waals surface area contributed by atoms with Gasteiger partial charge in [-0.2, -0.15) is 0 Å². The average molecular weight is 691 g/mol. The summed E-state index contributed by atoms with van der Waals surface area (Å²) < 4.78 is 31.9. The van der Waals surface area contributed by atoms with Crippen LogP contribution in [-0.4, -0.2) is 76.1 Å². The van der Waals surface area contributed by atoms with Crippen molar-refractivity contribution in [2.45, 2.75) is 122 Å². The van der Waals surface area contributed by atoms with E-state index in [2.05, 4.69) is 0 Å². The molecule has 0 radical (unpaired) electrons. The second-order valence-electron chi connectivity index (χ2n) is 16.0. The van der Waals surface area contributed by atoms with Crippen molar-refractivity contribution in [3.05, 3.63) is 57.7 Å². The third-order valence-corrected chi connectivity index (χ3v) is 11.4. The molecule has 1 aromatic carbocycles. The SMILES string of the molecule is COC(=O)/C(C)=C\C[C@@]12OC(C)(C)[C@@H]3C[C@H](C=C4C(=O)c5c(OC)c6c(c(CC=C(C)C)c5O[C@]431)O[C@](C)(CC[C@H](O)C(C)(C)O)C=C6)C2=O. The number of allylic oxidation sites excluding steroid dienone is 3. The van der Waals surface area contributed by atoms with Gasteiger partial charge in [-0.3, -0.25) is 9.59 Å². The highest BCUT2D eigenvalue weighted by Gasteiger charge is 2.81. The van der Waals surface area contributed by atoms with E-state index in [-0.39, 0.29) is 41.6 Å². The first-order valence-corrected chi connectivity index (χ1v) is 17.4. The molecule has 1 saturated carbocycles. The topological polar surface area (TPSA) is 138 Å². The van der Waals surface area contributed by atoms with Crippen molar-refractivity contribution in [2.75, 3.05) is 14.2 Å². The lowest BCUT2D eigenvalue weighted by Crippen LogP contribution is -2.72. The van der Waals surface area contributed by atoms with Crippen molar-refractivity contribution in [3.8, 4) is 17.2 Å². The lowest BCUT2D eigenvalue weighted by molar-refractivity contribution is -0.171. The molecule has 6 aliphatic rings. The highest BCUT2D eigenvalue weighted by atomic mass is 16.6. The molecule has 3 aliphatic heterocycles. The molecule has 1 spiro atoms. The van der Waals surface area contributed by atoms with Gasteiger partial charge in [-0.25, -0.2) is 4.79 Å². The summed E-state index contributed by atoms with van der Waals surface area (Å²) in [6.07, 6.45) is 9.73. The Bertz CT molecular complexity index is 1780. The molecule has 3 heterocycles. The molecule has 1 saturated heterocycles. The van der Waals surface area contributed by atoms with E-state index >= 15 is 4.79 Å². The predicted molar refractivity (Wildman–Crippen MR) is 186 cm³/mol. The molecule has 7 rings (SSSR count). The molecule has 6 atom stereocenters. The fraction of sp³-hybridized carbons (Fsp3) is 0.575. The Hall–Kier alpha value is -3.73. The predicted octanol–water partition coefficient (Wildman–Crippen LogP) is 5.80. The van der Waals surface area contributed by atoms with Gasteiger partial charge in [0.05, 0.1) is 37.1 Å². The van der Waals surface area contributed by atoms with Crippen LogP contribution in [0, 0.1) is 11.8 Å². The molecule has 1 aromatic rings. The second kappa shape index (κ2) is 11.9. The molecular formula is C40H50O10. The van der Waals surface area contributed by atoms with E-state index < -0.39 is 46.0 Å². The summed E-state index contributed by atoms with van der Waals surface area (Å²) in [5.74, 6) is -0.843. The van der Waals surface area contributed by atoms with Crippen LogP contribution in [0.25, 0.3) is 6.08 Å². The first-order chi connectivity index (χ1) is 23.3. The summed E-state index contributed by atoms with van der Waals surface area (Å²) in [4.78, 5) is 42.0. The number of ketones is 2. The van der Waals surface area contributed by atoms with Crippen molar-refractivity contribution in [1.29, 1.82) is 0 Å². The molecule has 10 nitrogen and oxygen atoms in total. The van der Waals surface area contributed by atoms with Crippen molar-refractivity contribution < 1.29 is 48.3 Å². The highest BCUT2D eigenvalue weighted by Crippen LogP contribution is 2.68. The molecule has 10 heteroatoms. The molecule has 2 fully saturated rings. The van der Waals surface area contributed by atoms with Crippen molar-refractivity contribution in [3.63, 3.8) is 0 Å². The van der Waals surface area contributed by atoms with Gasteiger partial charge in [0, 0.05) is 35.0 Å². The lowest BCUT2D eigenvalue weighted by atomic mass is 9.51. The molecular weight excluding hydrogens is 640 g/mol. The van der Waals surface area contributed by atoms with Crippen molar-refractivity contribution in [2.24, 2.45) is 11.8 Å². The van der Waals surface area contributed by atoms with Gasteiger partial charge in [0.2, 0.25) is 0 Å². The van der Waals surface area contributed by atoms with E-state index in [1.807, 2.05) is 52.8 Å². The number of methoxy groups -OCH3 is 2. The molecule has 3 aliphatic carbocycles. The summed E-state index contributed by atoms with van der Waals surface area (Å²) in [7, 11) is 2.81. The minimum absolute atomic E-state index is 0.00930. The number of hydrogen-bond donors (Lipinski definition) is 2. The number of Topliss-reactive ketones (excluding diaryl/α,β-unsaturated/α-hetero) is 2. The highest BCUT2D eigenvalue weighted by molar-refractivity contribution is 6.19. The van der Waals surface area contributed by atoms with Gasteiger partial charge in [0.25, 0.3) is 0 Å². The van der Waals surface area contributed by atoms with E-state index in [0.717, 1.165) is 5.57 Å². The number of esters is 1. The number of hydrogen-bond acceptors (Lipinski definition) is 10. The van der Waals surface area contributed by atoms with Gasteiger partial charge in [-0.05, 0) is 93.2 Å². The Balaban J connectivity index is 1.57. The first kappa shape index (κ1) is 36.1. The summed E-state index contributed by atoms with van der Waals surface area (Å²) in [5, 5.41) is 21.0. The van der Waals surface area contributed by atoms with Gasteiger partial charge in [0.1, 0.15) is 28.4 Å². The smallest absolute Gasteiger partial charge is 0.333 e. The van der Waals surface area contributed by atoms with Crippen LogP contribution in [0.3, 0.4) is 0 Å². The van der Waals surface area contributed by atoms with E-state index in [9.17, 15) is 19.8 Å². The van der Waals surface area contributed by atoms with Gasteiger partial charge < -0.3 is 33.9 Å². The number of rotatable bonds is 10. The van der Waals surface area contributed by atoms with Crippen molar-refractivity contribution >= 4 is 23.6 Å². The molecule has 270 valence electrons. The van der Waals surface area contributed by atoms with Crippen LogP contribution in [0.5, 0.6) is 17.2 Å². The second-order valence-corrected chi connectivity index (χ2v) is 16.0. The normalized spacial score (nSPS) is 30.7. The number of carbonyl (C=O) groups is 3. The third-order valence-electron chi connectivity index (χ3n) is 11.4. The fourth-order valence-electron chi connectivity index (χ4n) is 8.65. The van der Waals surface area contributed by atoms with Gasteiger partial charge >= 0.3 is 5.97 Å². The van der Waals surface area contributed by atoms with E-state index in [4.69, 9.17) is 23.7 Å². The Kier molecular flexibility index (Phi) is 8.60. The van der Waals surface area contributed by atoms with E-state index in [1.165, 1.54) is 14.2 Å². The monoisotopic (exact) mass is 690 g/mol. The number of carbonyl (C=O) groups excluding carboxylic acids is 3. The van der Waals surface area contributed by atoms with Crippen LogP contribution in [0.2, 0.25) is 0 Å². The Morgan fingerprint density at radius 2 is 1.80 bits per heavy atom. The summed E-state index contributed by atoms with van der Waals surface area (Å²) in [5.41, 5.74) is -2.85. The van der Waals surface area contributed by atoms with Crippen LogP contribution in [0.1, 0.15) is 103 Å². The van der Waals surface area contributed by atoms with Crippen LogP contribution in [0.4, 0.5) is 0 Å². The number of ether oxygens (including phenoxy) is 5. The molecule has 0 unspecified atom stereocenters. The third kappa shape index (κ3) is 5.20. The quantitative estimate of drug-likeness (QED) is 0.176. The minimum atomic E-state index is -1.59. The minimum Gasteiger partial charge on any atom is -0.495 e. The van der Waals surface area contributed by atoms with Crippen LogP contribution >= 0.6 is 0 Å². The zero-order chi connectivity index (χ0) is 36.8. The fourth-order valence-corrected chi connectivity index (χ4v) is 8.65. The Labute approximate surface area is 294 Å². The largest absolute Gasteiger partial charge is 0.495 e. The molecule has 4 bridgehead atoms. The maximum atomic E-state index is 15.0. The summed E-state index contributed by atoms with van der Waals surface area (Å²) in [6.45, 7) is 14.5. The number of aliphatic hydroxyl groups excluding tert-OH is 1. The van der Waals surface area contributed by atoms with Gasteiger partial charge in [-0.1, -0.05) is 23.8 Å². The first-order valence-electron chi connectivity index (χ1n) is 17.4. The number of fused-ring (bicyclic) bond motifs is 2. The maximum absolute atomic E-state index is 15.0. The van der Waals surface area contributed by atoms with Gasteiger partial charge in [0.15, 0.2) is 22.8 Å². The van der Waals surface area contributed by atoms with Gasteiger partial charge in [-0.15, -0.1) is 0 Å². The van der Waals surface area contributed by atoms with E-state index in [0.29, 0.717) is 53.0 Å². The Morgan fingerprint density at radius 1 is 1.10 bits per heavy atom. The van der Waals surface area contributed by atoms with Crippen molar-refractivity contribution in [1.82, 2.24) is 0 Å². The molecule has 0 aromatic heterocycles. The van der Waals surface area contributed by atoms with E-state index in [1.54, 1.807) is 32.9 Å². The molecule has 50 heavy (non-hydrogen) atoms. The molecule has 2 N–H and O–H groups in total. The molecule has 0 amide bonds. The maximum Gasteiger partial charge on any atom is 0.333 e. The van der Waals surface area contributed by atoms with Crippen LogP contribution in [-0.2, 0) is 25.5 Å². The summed E-state index contributed by atoms with van der Waals surface area (Å²) in [6, 6.07) is 0. The Morgan fingerprint density at radius 3 is 2.42 bits per heavy atom. The van der Waals surface area contributed by atoms with Crippen LogP contribution in [0.15, 0.2) is 41.0 Å². The average Bonchev–Trinajstić information content (AvgIpc) is 3.20. The standard InChI is InChI=1S/C40H50O10/c1-21(2)11-12-24-31-25(14-16-38(8,48-31)17-15-28(41)36(4,5)45)32(46-9)29-30(42)26-19-23-20-27-37(6,7)50-39(34(23)43,40(26,27)49-33(24)29)18-13-22(3)35(44)47-10/h11,13-14,16,19,23,27-28,41,45H,12,15,17-18,20H2,1-10H3/b22-13-/t23-,27-,28-,38-,39-,40+/m0/s1. The zero-order valence-electron chi connectivity index (χ0n) is 30.8. The zero-order valence-corrected chi connectivity index (χ0v) is 30.8. The van der Waals surface area contributed by atoms with Crippen LogP contribution < -0.4 is 14.2 Å². The lowest BCUT2D eigenvalue weighted by Gasteiger charge is -2.56.